The Hall–Kier alpha value is -2.14. The summed E-state index contributed by atoms with van der Waals surface area (Å²) in [6.07, 6.45) is 4.69. The first-order valence-electron chi connectivity index (χ1n) is 8.52. The molecule has 0 saturated carbocycles. The van der Waals surface area contributed by atoms with E-state index < -0.39 is 0 Å². The molecular weight excluding hydrogens is 380 g/mol. The quantitative estimate of drug-likeness (QED) is 0.587. The minimum Gasteiger partial charge on any atom is -0.376 e. The largest absolute Gasteiger partial charge is 0.376 e. The van der Waals surface area contributed by atoms with Crippen molar-refractivity contribution in [3.63, 3.8) is 0 Å². The van der Waals surface area contributed by atoms with Gasteiger partial charge in [-0.2, -0.15) is 0 Å². The Morgan fingerprint density at radius 1 is 1.08 bits per heavy atom. The molecule has 0 amide bonds. The molecule has 0 N–H and O–H groups in total. The standard InChI is InChI=1S/C20H19BrN2O2/c21-17-6-4-15(5-7-17)19(24)8-9-22-11-14-10-16(13-22)18-2-1-3-20(25)23(18)12-14/h1-9,14,16H,10-13H2/b9-8+/t14-,16?/m1/s1. The van der Waals surface area contributed by atoms with Crippen LogP contribution in [-0.4, -0.2) is 28.3 Å². The molecule has 1 fully saturated rings. The second kappa shape index (κ2) is 6.64. The number of nitrogens with zero attached hydrogens (tertiary/aromatic N) is 2. The van der Waals surface area contributed by atoms with Crippen LogP contribution in [0, 0.1) is 5.92 Å². The molecule has 25 heavy (non-hydrogen) atoms. The van der Waals surface area contributed by atoms with Crippen LogP contribution >= 0.6 is 15.9 Å². The number of piperidine rings is 1. The van der Waals surface area contributed by atoms with Crippen LogP contribution in [-0.2, 0) is 6.54 Å². The average Bonchev–Trinajstić information content (AvgIpc) is 2.61. The van der Waals surface area contributed by atoms with Gasteiger partial charge in [-0.25, -0.2) is 0 Å². The van der Waals surface area contributed by atoms with Crippen LogP contribution < -0.4 is 5.56 Å². The van der Waals surface area contributed by atoms with E-state index in [1.54, 1.807) is 12.1 Å². The van der Waals surface area contributed by atoms with Gasteiger partial charge < -0.3 is 9.47 Å². The molecule has 2 atom stereocenters. The number of ketones is 1. The number of rotatable bonds is 3. The Bertz CT molecular complexity index is 885. The fourth-order valence-corrected chi connectivity index (χ4v) is 4.20. The summed E-state index contributed by atoms with van der Waals surface area (Å²) >= 11 is 3.38. The summed E-state index contributed by atoms with van der Waals surface area (Å²) in [6, 6.07) is 12.9. The van der Waals surface area contributed by atoms with Crippen molar-refractivity contribution in [1.82, 2.24) is 9.47 Å². The van der Waals surface area contributed by atoms with Gasteiger partial charge in [0, 0.05) is 59.6 Å². The van der Waals surface area contributed by atoms with E-state index in [0.29, 0.717) is 17.4 Å². The van der Waals surface area contributed by atoms with Crippen LogP contribution in [0.4, 0.5) is 0 Å². The van der Waals surface area contributed by atoms with Crippen molar-refractivity contribution in [2.45, 2.75) is 18.9 Å². The summed E-state index contributed by atoms with van der Waals surface area (Å²) in [5.74, 6) is 0.826. The molecule has 2 aliphatic rings. The van der Waals surface area contributed by atoms with E-state index in [1.165, 1.54) is 0 Å². The number of hydrogen-bond acceptors (Lipinski definition) is 3. The lowest BCUT2D eigenvalue weighted by atomic mass is 9.83. The van der Waals surface area contributed by atoms with Gasteiger partial charge in [-0.15, -0.1) is 0 Å². The first kappa shape index (κ1) is 16.3. The smallest absolute Gasteiger partial charge is 0.250 e. The Labute approximate surface area is 154 Å². The average molecular weight is 399 g/mol. The lowest BCUT2D eigenvalue weighted by molar-refractivity contribution is 0.104. The van der Waals surface area contributed by atoms with Crippen LogP contribution in [0.15, 0.2) is 64.0 Å². The highest BCUT2D eigenvalue weighted by molar-refractivity contribution is 9.10. The molecule has 128 valence electrons. The monoisotopic (exact) mass is 398 g/mol. The van der Waals surface area contributed by atoms with E-state index in [4.69, 9.17) is 0 Å². The molecule has 0 radical (unpaired) electrons. The minimum absolute atomic E-state index is 0.0138. The van der Waals surface area contributed by atoms with Crippen molar-refractivity contribution in [1.29, 1.82) is 0 Å². The lowest BCUT2D eigenvalue weighted by Gasteiger charge is -2.42. The molecule has 0 aliphatic carbocycles. The fourth-order valence-electron chi connectivity index (χ4n) is 3.94. The number of carbonyl (C=O) groups excluding carboxylic acids is 1. The van der Waals surface area contributed by atoms with Crippen LogP contribution in [0.2, 0.25) is 0 Å². The molecular formula is C20H19BrN2O2. The third kappa shape index (κ3) is 3.33. The SMILES string of the molecule is O=C(/C=C/N1CC2C[C@H](C1)Cn1c2cccc1=O)c1ccc(Br)cc1. The summed E-state index contributed by atoms with van der Waals surface area (Å²) in [7, 11) is 0. The number of likely N-dealkylation sites (tertiary alicyclic amines) is 1. The van der Waals surface area contributed by atoms with Crippen molar-refractivity contribution < 1.29 is 4.79 Å². The Balaban J connectivity index is 1.50. The zero-order chi connectivity index (χ0) is 17.4. The highest BCUT2D eigenvalue weighted by atomic mass is 79.9. The highest BCUT2D eigenvalue weighted by Crippen LogP contribution is 2.34. The van der Waals surface area contributed by atoms with Gasteiger partial charge in [-0.1, -0.05) is 22.0 Å². The third-order valence-corrected chi connectivity index (χ3v) is 5.60. The summed E-state index contributed by atoms with van der Waals surface area (Å²) in [6.45, 7) is 2.52. The molecule has 3 heterocycles. The van der Waals surface area contributed by atoms with Gasteiger partial charge in [0.1, 0.15) is 0 Å². The number of allylic oxidation sites excluding steroid dienone is 1. The molecule has 1 aromatic carbocycles. The summed E-state index contributed by atoms with van der Waals surface area (Å²) in [5, 5.41) is 0. The number of aromatic nitrogens is 1. The zero-order valence-corrected chi connectivity index (χ0v) is 15.4. The zero-order valence-electron chi connectivity index (χ0n) is 13.8. The summed E-state index contributed by atoms with van der Waals surface area (Å²) in [5.41, 5.74) is 1.91. The number of carbonyl (C=O) groups is 1. The Kier molecular flexibility index (Phi) is 4.34. The first-order chi connectivity index (χ1) is 12.1. The van der Waals surface area contributed by atoms with E-state index >= 15 is 0 Å². The van der Waals surface area contributed by atoms with E-state index in [-0.39, 0.29) is 11.3 Å². The molecule has 1 saturated heterocycles. The van der Waals surface area contributed by atoms with Gasteiger partial charge in [0.15, 0.2) is 5.78 Å². The molecule has 2 aromatic rings. The van der Waals surface area contributed by atoms with E-state index in [0.717, 1.165) is 36.2 Å². The number of benzene rings is 1. The topological polar surface area (TPSA) is 42.3 Å². The van der Waals surface area contributed by atoms with E-state index in [2.05, 4.69) is 26.9 Å². The van der Waals surface area contributed by atoms with Gasteiger partial charge in [-0.05, 0) is 42.7 Å². The number of hydrogen-bond donors (Lipinski definition) is 0. The normalized spacial score (nSPS) is 22.0. The molecule has 1 aromatic heterocycles. The van der Waals surface area contributed by atoms with Crippen LogP contribution in [0.5, 0.6) is 0 Å². The van der Waals surface area contributed by atoms with Gasteiger partial charge in [0.05, 0.1) is 0 Å². The molecule has 0 spiro atoms. The van der Waals surface area contributed by atoms with Gasteiger partial charge in [-0.3, -0.25) is 9.59 Å². The van der Waals surface area contributed by atoms with Crippen LogP contribution in [0.1, 0.15) is 28.4 Å². The lowest BCUT2D eigenvalue weighted by Crippen LogP contribution is -2.45. The van der Waals surface area contributed by atoms with Gasteiger partial charge in [0.2, 0.25) is 0 Å². The van der Waals surface area contributed by atoms with Crippen molar-refractivity contribution in [2.75, 3.05) is 13.1 Å². The molecule has 1 unspecified atom stereocenters. The maximum Gasteiger partial charge on any atom is 0.250 e. The van der Waals surface area contributed by atoms with E-state index in [9.17, 15) is 9.59 Å². The molecule has 4 nitrogen and oxygen atoms in total. The molecule has 5 heteroatoms. The summed E-state index contributed by atoms with van der Waals surface area (Å²) in [4.78, 5) is 26.6. The predicted molar refractivity (Wildman–Crippen MR) is 101 cm³/mol. The van der Waals surface area contributed by atoms with Crippen molar-refractivity contribution in [3.8, 4) is 0 Å². The van der Waals surface area contributed by atoms with Gasteiger partial charge in [0.25, 0.3) is 5.56 Å². The fraction of sp³-hybridized carbons (Fsp3) is 0.300. The van der Waals surface area contributed by atoms with Crippen LogP contribution in [0.25, 0.3) is 0 Å². The first-order valence-corrected chi connectivity index (χ1v) is 9.31. The third-order valence-electron chi connectivity index (χ3n) is 5.07. The van der Waals surface area contributed by atoms with E-state index in [1.807, 2.05) is 41.1 Å². The maximum absolute atomic E-state index is 12.3. The van der Waals surface area contributed by atoms with Crippen LogP contribution in [0.3, 0.4) is 0 Å². The highest BCUT2D eigenvalue weighted by Gasteiger charge is 2.33. The Morgan fingerprint density at radius 3 is 2.68 bits per heavy atom. The van der Waals surface area contributed by atoms with Crippen molar-refractivity contribution in [2.24, 2.45) is 5.92 Å². The number of pyridine rings is 1. The van der Waals surface area contributed by atoms with Gasteiger partial charge >= 0.3 is 0 Å². The summed E-state index contributed by atoms with van der Waals surface area (Å²) < 4.78 is 2.89. The molecule has 2 bridgehead atoms. The maximum atomic E-state index is 12.3. The number of halogens is 1. The Morgan fingerprint density at radius 2 is 1.88 bits per heavy atom. The second-order valence-electron chi connectivity index (χ2n) is 6.84. The number of fused-ring (bicyclic) bond motifs is 4. The predicted octanol–water partition coefficient (Wildman–Crippen LogP) is 3.43. The minimum atomic E-state index is 0.0138. The molecule has 4 rings (SSSR count). The van der Waals surface area contributed by atoms with Crippen molar-refractivity contribution in [3.05, 3.63) is 80.8 Å². The molecule has 2 aliphatic heterocycles. The second-order valence-corrected chi connectivity index (χ2v) is 7.75. The van der Waals surface area contributed by atoms with Crippen molar-refractivity contribution >= 4 is 21.7 Å².